The summed E-state index contributed by atoms with van der Waals surface area (Å²) in [6.45, 7) is 4.68. The Hall–Kier alpha value is -0.420. The highest BCUT2D eigenvalue weighted by Gasteiger charge is 2.41. The molecule has 2 heterocycles. The Morgan fingerprint density at radius 1 is 1.53 bits per heavy atom. The van der Waals surface area contributed by atoms with E-state index < -0.39 is 0 Å². The van der Waals surface area contributed by atoms with Crippen molar-refractivity contribution in [2.24, 2.45) is 0 Å². The van der Waals surface area contributed by atoms with Gasteiger partial charge < -0.3 is 14.8 Å². The number of likely N-dealkylation sites (N-methyl/N-ethyl adjacent to an activating group) is 1. The standard InChI is InChI=1S/C13H21NO2S/c1-3-14-12(11-5-4-10-17-11)13(15-2)6-8-16-9-7-13/h4-5,10,12,14H,3,6-9H2,1-2H3. The summed E-state index contributed by atoms with van der Waals surface area (Å²) >= 11 is 1.80. The van der Waals surface area contributed by atoms with Crippen LogP contribution in [0.5, 0.6) is 0 Å². The quantitative estimate of drug-likeness (QED) is 0.877. The molecule has 96 valence electrons. The molecule has 0 aromatic carbocycles. The normalized spacial score (nSPS) is 21.3. The zero-order valence-electron chi connectivity index (χ0n) is 10.6. The Labute approximate surface area is 107 Å². The van der Waals surface area contributed by atoms with Gasteiger partial charge in [-0.25, -0.2) is 0 Å². The highest BCUT2D eigenvalue weighted by atomic mass is 32.1. The zero-order valence-corrected chi connectivity index (χ0v) is 11.4. The van der Waals surface area contributed by atoms with Crippen molar-refractivity contribution in [2.75, 3.05) is 26.9 Å². The van der Waals surface area contributed by atoms with Crippen molar-refractivity contribution >= 4 is 11.3 Å². The lowest BCUT2D eigenvalue weighted by molar-refractivity contribution is -0.110. The largest absolute Gasteiger partial charge is 0.381 e. The van der Waals surface area contributed by atoms with Crippen LogP contribution in [-0.4, -0.2) is 32.5 Å². The number of nitrogens with one attached hydrogen (secondary N) is 1. The van der Waals surface area contributed by atoms with Crippen molar-refractivity contribution in [3.63, 3.8) is 0 Å². The molecule has 0 radical (unpaired) electrons. The van der Waals surface area contributed by atoms with Gasteiger partial charge in [-0.3, -0.25) is 0 Å². The Morgan fingerprint density at radius 2 is 2.29 bits per heavy atom. The molecule has 3 nitrogen and oxygen atoms in total. The smallest absolute Gasteiger partial charge is 0.0924 e. The van der Waals surface area contributed by atoms with Crippen molar-refractivity contribution < 1.29 is 9.47 Å². The van der Waals surface area contributed by atoms with Crippen LogP contribution >= 0.6 is 11.3 Å². The molecule has 1 aromatic rings. The van der Waals surface area contributed by atoms with Crippen LogP contribution in [-0.2, 0) is 9.47 Å². The van der Waals surface area contributed by atoms with E-state index in [0.717, 1.165) is 32.6 Å². The van der Waals surface area contributed by atoms with E-state index in [1.807, 2.05) is 7.11 Å². The zero-order chi connectivity index (χ0) is 12.1. The molecule has 2 rings (SSSR count). The first-order chi connectivity index (χ1) is 8.32. The van der Waals surface area contributed by atoms with Gasteiger partial charge in [-0.1, -0.05) is 13.0 Å². The Morgan fingerprint density at radius 3 is 2.82 bits per heavy atom. The van der Waals surface area contributed by atoms with Crippen molar-refractivity contribution in [3.05, 3.63) is 22.4 Å². The van der Waals surface area contributed by atoms with Crippen LogP contribution in [0.25, 0.3) is 0 Å². The van der Waals surface area contributed by atoms with Gasteiger partial charge in [0.2, 0.25) is 0 Å². The summed E-state index contributed by atoms with van der Waals surface area (Å²) in [5.74, 6) is 0. The number of thiophene rings is 1. The van der Waals surface area contributed by atoms with E-state index in [4.69, 9.17) is 9.47 Å². The van der Waals surface area contributed by atoms with Gasteiger partial charge in [0.1, 0.15) is 0 Å². The van der Waals surface area contributed by atoms with Crippen LogP contribution in [0.15, 0.2) is 17.5 Å². The van der Waals surface area contributed by atoms with E-state index >= 15 is 0 Å². The van der Waals surface area contributed by atoms with Crippen LogP contribution in [0.4, 0.5) is 0 Å². The summed E-state index contributed by atoms with van der Waals surface area (Å²) in [5.41, 5.74) is -0.112. The first-order valence-electron chi connectivity index (χ1n) is 6.22. The second kappa shape index (κ2) is 5.96. The minimum Gasteiger partial charge on any atom is -0.381 e. The van der Waals surface area contributed by atoms with E-state index in [1.165, 1.54) is 4.88 Å². The first kappa shape index (κ1) is 13.0. The SMILES string of the molecule is CCNC(c1cccs1)C1(OC)CCOCC1. The summed E-state index contributed by atoms with van der Waals surface area (Å²) in [4.78, 5) is 1.36. The summed E-state index contributed by atoms with van der Waals surface area (Å²) in [5, 5.41) is 5.70. The molecule has 0 bridgehead atoms. The average molecular weight is 255 g/mol. The molecule has 1 saturated heterocycles. The monoisotopic (exact) mass is 255 g/mol. The molecular formula is C13H21NO2S. The second-order valence-electron chi connectivity index (χ2n) is 4.39. The van der Waals surface area contributed by atoms with Crippen LogP contribution in [0.1, 0.15) is 30.7 Å². The number of hydrogen-bond acceptors (Lipinski definition) is 4. The van der Waals surface area contributed by atoms with Crippen molar-refractivity contribution in [2.45, 2.75) is 31.4 Å². The second-order valence-corrected chi connectivity index (χ2v) is 5.37. The Balaban J connectivity index is 2.23. The molecule has 4 heteroatoms. The predicted octanol–water partition coefficient (Wildman–Crippen LogP) is 2.59. The fourth-order valence-electron chi connectivity index (χ4n) is 2.53. The maximum atomic E-state index is 5.88. The molecule has 1 N–H and O–H groups in total. The van der Waals surface area contributed by atoms with Crippen molar-refractivity contribution in [1.82, 2.24) is 5.32 Å². The highest BCUT2D eigenvalue weighted by molar-refractivity contribution is 7.10. The summed E-state index contributed by atoms with van der Waals surface area (Å²) < 4.78 is 11.3. The molecule has 1 fully saturated rings. The number of hydrogen-bond donors (Lipinski definition) is 1. The molecule has 0 spiro atoms. The van der Waals surface area contributed by atoms with Crippen LogP contribution in [0, 0.1) is 0 Å². The fourth-order valence-corrected chi connectivity index (χ4v) is 3.44. The van der Waals surface area contributed by atoms with Gasteiger partial charge in [-0.2, -0.15) is 0 Å². The maximum absolute atomic E-state index is 5.88. The van der Waals surface area contributed by atoms with E-state index in [2.05, 4.69) is 29.8 Å². The van der Waals surface area contributed by atoms with Crippen molar-refractivity contribution in [1.29, 1.82) is 0 Å². The highest BCUT2D eigenvalue weighted by Crippen LogP contribution is 2.38. The third kappa shape index (κ3) is 2.71. The van der Waals surface area contributed by atoms with Gasteiger partial charge in [-0.15, -0.1) is 11.3 Å². The third-order valence-corrected chi connectivity index (χ3v) is 4.44. The fraction of sp³-hybridized carbons (Fsp3) is 0.692. The molecule has 1 atom stereocenters. The van der Waals surface area contributed by atoms with Gasteiger partial charge in [0.25, 0.3) is 0 Å². The molecule has 1 aliphatic rings. The van der Waals surface area contributed by atoms with E-state index in [1.54, 1.807) is 11.3 Å². The van der Waals surface area contributed by atoms with Gasteiger partial charge in [0.05, 0.1) is 11.6 Å². The van der Waals surface area contributed by atoms with Crippen LogP contribution in [0.2, 0.25) is 0 Å². The van der Waals surface area contributed by atoms with Gasteiger partial charge in [0, 0.05) is 38.0 Å². The lowest BCUT2D eigenvalue weighted by Gasteiger charge is -2.42. The topological polar surface area (TPSA) is 30.5 Å². The predicted molar refractivity (Wildman–Crippen MR) is 70.5 cm³/mol. The first-order valence-corrected chi connectivity index (χ1v) is 7.10. The molecule has 0 amide bonds. The van der Waals surface area contributed by atoms with Crippen LogP contribution in [0.3, 0.4) is 0 Å². The molecule has 17 heavy (non-hydrogen) atoms. The molecule has 0 saturated carbocycles. The summed E-state index contributed by atoms with van der Waals surface area (Å²) in [7, 11) is 1.82. The molecule has 0 aliphatic carbocycles. The Kier molecular flexibility index (Phi) is 4.56. The Bertz CT molecular complexity index is 320. The maximum Gasteiger partial charge on any atom is 0.0924 e. The number of rotatable bonds is 5. The van der Waals surface area contributed by atoms with Crippen molar-refractivity contribution in [3.8, 4) is 0 Å². The van der Waals surface area contributed by atoms with Gasteiger partial charge in [0.15, 0.2) is 0 Å². The van der Waals surface area contributed by atoms with Gasteiger partial charge >= 0.3 is 0 Å². The minimum absolute atomic E-state index is 0.112. The lowest BCUT2D eigenvalue weighted by Crippen LogP contribution is -2.49. The van der Waals surface area contributed by atoms with Gasteiger partial charge in [-0.05, 0) is 18.0 Å². The van der Waals surface area contributed by atoms with E-state index in [0.29, 0.717) is 0 Å². The average Bonchev–Trinajstić information content (AvgIpc) is 2.90. The lowest BCUT2D eigenvalue weighted by atomic mass is 9.85. The number of methoxy groups -OCH3 is 1. The third-order valence-electron chi connectivity index (χ3n) is 3.51. The van der Waals surface area contributed by atoms with Crippen LogP contribution < -0.4 is 5.32 Å². The summed E-state index contributed by atoms with van der Waals surface area (Å²) in [6.07, 6.45) is 1.91. The minimum atomic E-state index is -0.112. The molecule has 1 aliphatic heterocycles. The van der Waals surface area contributed by atoms with E-state index in [-0.39, 0.29) is 11.6 Å². The molecular weight excluding hydrogens is 234 g/mol. The summed E-state index contributed by atoms with van der Waals surface area (Å²) in [6, 6.07) is 4.57. The molecule has 1 aromatic heterocycles. The number of ether oxygens (including phenoxy) is 2. The molecule has 1 unspecified atom stereocenters. The van der Waals surface area contributed by atoms with E-state index in [9.17, 15) is 0 Å².